The molecule has 2 heterocycles. The molecular weight excluding hydrogens is 400 g/mol. The molecule has 0 aromatic carbocycles. The van der Waals surface area contributed by atoms with E-state index in [2.05, 4.69) is 10.6 Å². The first-order valence-corrected chi connectivity index (χ1v) is 12.3. The van der Waals surface area contributed by atoms with Gasteiger partial charge in [0.05, 0.1) is 38.5 Å². The molecule has 8 nitrogen and oxygen atoms in total. The van der Waals surface area contributed by atoms with Crippen LogP contribution in [0.2, 0.25) is 0 Å². The van der Waals surface area contributed by atoms with Crippen LogP contribution in [-0.2, 0) is 28.5 Å². The Labute approximate surface area is 185 Å². The van der Waals surface area contributed by atoms with Gasteiger partial charge in [-0.2, -0.15) is 0 Å². The second-order valence-electron chi connectivity index (χ2n) is 9.31. The second-order valence-corrected chi connectivity index (χ2v) is 9.31. The molecule has 2 atom stereocenters. The SMILES string of the molecule is O=C(CCCCCC(=O)NC1CCCCC12OCCO2)NC1CCCCC12OCCO2. The number of nitrogens with one attached hydrogen (secondary N) is 2. The first kappa shape index (κ1) is 23.0. The Kier molecular flexibility index (Phi) is 7.85. The van der Waals surface area contributed by atoms with Crippen molar-refractivity contribution in [2.24, 2.45) is 0 Å². The van der Waals surface area contributed by atoms with Crippen LogP contribution in [0.25, 0.3) is 0 Å². The van der Waals surface area contributed by atoms with E-state index in [0.29, 0.717) is 39.3 Å². The lowest BCUT2D eigenvalue weighted by Crippen LogP contribution is -2.55. The van der Waals surface area contributed by atoms with Crippen molar-refractivity contribution < 1.29 is 28.5 Å². The highest BCUT2D eigenvalue weighted by Crippen LogP contribution is 2.37. The monoisotopic (exact) mass is 438 g/mol. The summed E-state index contributed by atoms with van der Waals surface area (Å²) in [5.74, 6) is -1.10. The van der Waals surface area contributed by atoms with Crippen LogP contribution in [-0.4, -0.2) is 61.9 Å². The fourth-order valence-electron chi connectivity index (χ4n) is 5.51. The van der Waals surface area contributed by atoms with E-state index < -0.39 is 11.6 Å². The standard InChI is InChI=1S/C23H38N2O6/c26-20(24-18-8-4-6-12-22(18)28-14-15-29-22)10-2-1-3-11-21(27)25-19-9-5-7-13-23(19)30-16-17-31-23/h18-19H,1-17H2,(H,24,26)(H,25,27). The topological polar surface area (TPSA) is 95.1 Å². The van der Waals surface area contributed by atoms with E-state index in [-0.39, 0.29) is 23.9 Å². The van der Waals surface area contributed by atoms with E-state index in [1.54, 1.807) is 0 Å². The molecule has 0 bridgehead atoms. The lowest BCUT2D eigenvalue weighted by atomic mass is 9.88. The van der Waals surface area contributed by atoms with E-state index in [1.807, 2.05) is 0 Å². The van der Waals surface area contributed by atoms with Gasteiger partial charge >= 0.3 is 0 Å². The number of hydrogen-bond acceptors (Lipinski definition) is 6. The summed E-state index contributed by atoms with van der Waals surface area (Å²) in [7, 11) is 0. The third kappa shape index (κ3) is 5.59. The van der Waals surface area contributed by atoms with Crippen molar-refractivity contribution in [1.82, 2.24) is 10.6 Å². The van der Waals surface area contributed by atoms with Crippen molar-refractivity contribution in [1.29, 1.82) is 0 Å². The fourth-order valence-corrected chi connectivity index (χ4v) is 5.51. The maximum absolute atomic E-state index is 12.4. The van der Waals surface area contributed by atoms with Crippen LogP contribution in [0.1, 0.15) is 83.5 Å². The van der Waals surface area contributed by atoms with Gasteiger partial charge < -0.3 is 29.6 Å². The van der Waals surface area contributed by atoms with Crippen molar-refractivity contribution in [3.8, 4) is 0 Å². The second kappa shape index (κ2) is 10.6. The molecule has 8 heteroatoms. The predicted molar refractivity (Wildman–Crippen MR) is 113 cm³/mol. The van der Waals surface area contributed by atoms with Gasteiger partial charge in [-0.15, -0.1) is 0 Å². The Balaban J connectivity index is 1.11. The van der Waals surface area contributed by atoms with Gasteiger partial charge in [-0.3, -0.25) is 9.59 Å². The molecule has 0 aromatic rings. The Bertz CT molecular complexity index is 563. The molecule has 4 aliphatic rings. The molecule has 2 unspecified atom stereocenters. The number of ether oxygens (including phenoxy) is 4. The zero-order valence-corrected chi connectivity index (χ0v) is 18.6. The molecule has 176 valence electrons. The number of unbranched alkanes of at least 4 members (excludes halogenated alkanes) is 2. The van der Waals surface area contributed by atoms with Gasteiger partial charge in [0.1, 0.15) is 0 Å². The van der Waals surface area contributed by atoms with Gasteiger partial charge in [-0.05, 0) is 38.5 Å². The Morgan fingerprint density at radius 3 is 1.48 bits per heavy atom. The summed E-state index contributed by atoms with van der Waals surface area (Å²) in [6.07, 6.45) is 11.2. The van der Waals surface area contributed by atoms with Crippen LogP contribution < -0.4 is 10.6 Å². The first-order valence-electron chi connectivity index (χ1n) is 12.3. The highest BCUT2D eigenvalue weighted by molar-refractivity contribution is 5.77. The minimum absolute atomic E-state index is 0.0505. The van der Waals surface area contributed by atoms with Crippen LogP contribution >= 0.6 is 0 Å². The lowest BCUT2D eigenvalue weighted by Gasteiger charge is -2.39. The van der Waals surface area contributed by atoms with Crippen molar-refractivity contribution in [2.45, 2.75) is 107 Å². The minimum Gasteiger partial charge on any atom is -0.348 e. The maximum Gasteiger partial charge on any atom is 0.220 e. The number of amides is 2. The highest BCUT2D eigenvalue weighted by atomic mass is 16.7. The molecule has 0 radical (unpaired) electrons. The largest absolute Gasteiger partial charge is 0.348 e. The zero-order valence-electron chi connectivity index (χ0n) is 18.6. The van der Waals surface area contributed by atoms with Crippen molar-refractivity contribution >= 4 is 11.8 Å². The molecule has 2 saturated heterocycles. The van der Waals surface area contributed by atoms with Gasteiger partial charge in [0.25, 0.3) is 0 Å². The Hall–Kier alpha value is -1.22. The Morgan fingerprint density at radius 2 is 1.06 bits per heavy atom. The molecule has 4 fully saturated rings. The molecule has 2 aliphatic carbocycles. The number of rotatable bonds is 8. The zero-order chi connectivity index (χ0) is 21.6. The first-order chi connectivity index (χ1) is 15.1. The fraction of sp³-hybridized carbons (Fsp3) is 0.913. The van der Waals surface area contributed by atoms with E-state index in [4.69, 9.17) is 18.9 Å². The van der Waals surface area contributed by atoms with Crippen LogP contribution in [0.5, 0.6) is 0 Å². The molecule has 31 heavy (non-hydrogen) atoms. The molecule has 2 saturated carbocycles. The quantitative estimate of drug-likeness (QED) is 0.566. The van der Waals surface area contributed by atoms with Crippen molar-refractivity contribution in [3.63, 3.8) is 0 Å². The van der Waals surface area contributed by atoms with Crippen LogP contribution in [0.15, 0.2) is 0 Å². The highest BCUT2D eigenvalue weighted by Gasteiger charge is 2.47. The average Bonchev–Trinajstić information content (AvgIpc) is 3.42. The van der Waals surface area contributed by atoms with Gasteiger partial charge in [0.15, 0.2) is 11.6 Å². The molecule has 0 aromatic heterocycles. The summed E-state index contributed by atoms with van der Waals surface area (Å²) in [4.78, 5) is 24.9. The van der Waals surface area contributed by atoms with Gasteiger partial charge in [-0.25, -0.2) is 0 Å². The minimum atomic E-state index is -0.602. The average molecular weight is 439 g/mol. The van der Waals surface area contributed by atoms with Gasteiger partial charge in [0.2, 0.25) is 11.8 Å². The summed E-state index contributed by atoms with van der Waals surface area (Å²) < 4.78 is 23.4. The van der Waals surface area contributed by atoms with Gasteiger partial charge in [-0.1, -0.05) is 19.3 Å². The summed E-state index contributed by atoms with van der Waals surface area (Å²) in [5, 5.41) is 6.27. The maximum atomic E-state index is 12.4. The van der Waals surface area contributed by atoms with E-state index >= 15 is 0 Å². The Morgan fingerprint density at radius 1 is 0.645 bits per heavy atom. The van der Waals surface area contributed by atoms with Gasteiger partial charge in [0, 0.05) is 25.7 Å². The number of carbonyl (C=O) groups excluding carboxylic acids is 2. The lowest BCUT2D eigenvalue weighted by molar-refractivity contribution is -0.196. The summed E-state index contributed by atoms with van der Waals surface area (Å²) in [6, 6.07) is -0.102. The van der Waals surface area contributed by atoms with Crippen molar-refractivity contribution in [3.05, 3.63) is 0 Å². The number of carbonyl (C=O) groups is 2. The van der Waals surface area contributed by atoms with Crippen LogP contribution in [0, 0.1) is 0 Å². The van der Waals surface area contributed by atoms with Crippen molar-refractivity contribution in [2.75, 3.05) is 26.4 Å². The third-order valence-electron chi connectivity index (χ3n) is 7.13. The molecular formula is C23H38N2O6. The summed E-state index contributed by atoms with van der Waals surface area (Å²) in [5.41, 5.74) is 0. The summed E-state index contributed by atoms with van der Waals surface area (Å²) >= 11 is 0. The summed E-state index contributed by atoms with van der Waals surface area (Å²) in [6.45, 7) is 2.42. The van der Waals surface area contributed by atoms with E-state index in [0.717, 1.165) is 70.6 Å². The number of hydrogen-bond donors (Lipinski definition) is 2. The van der Waals surface area contributed by atoms with E-state index in [9.17, 15) is 9.59 Å². The molecule has 2 amide bonds. The molecule has 2 N–H and O–H groups in total. The van der Waals surface area contributed by atoms with E-state index in [1.165, 1.54) is 0 Å². The van der Waals surface area contributed by atoms with Crippen LogP contribution in [0.3, 0.4) is 0 Å². The molecule has 2 spiro atoms. The predicted octanol–water partition coefficient (Wildman–Crippen LogP) is 2.54. The third-order valence-corrected chi connectivity index (χ3v) is 7.13. The molecule has 2 aliphatic heterocycles. The normalized spacial score (nSPS) is 29.3. The van der Waals surface area contributed by atoms with Crippen LogP contribution in [0.4, 0.5) is 0 Å². The smallest absolute Gasteiger partial charge is 0.220 e. The molecule has 4 rings (SSSR count).